The molecule has 3 rings (SSSR count). The Bertz CT molecular complexity index is 556. The average Bonchev–Trinajstić information content (AvgIpc) is 3.02. The summed E-state index contributed by atoms with van der Waals surface area (Å²) in [5.41, 5.74) is 0.883. The first-order chi connectivity index (χ1) is 8.22. The summed E-state index contributed by atoms with van der Waals surface area (Å²) in [7, 11) is 0. The summed E-state index contributed by atoms with van der Waals surface area (Å²) in [5.74, 6) is -0.768. The molecule has 0 radical (unpaired) electrons. The zero-order valence-corrected chi connectivity index (χ0v) is 9.21. The van der Waals surface area contributed by atoms with E-state index < -0.39 is 11.4 Å². The van der Waals surface area contributed by atoms with E-state index in [0.29, 0.717) is 18.5 Å². The second-order valence-corrected chi connectivity index (χ2v) is 4.37. The van der Waals surface area contributed by atoms with Crippen molar-refractivity contribution in [1.82, 2.24) is 9.78 Å². The summed E-state index contributed by atoms with van der Waals surface area (Å²) in [6, 6.07) is 11.5. The van der Waals surface area contributed by atoms with Crippen LogP contribution in [-0.4, -0.2) is 20.9 Å². The van der Waals surface area contributed by atoms with Crippen LogP contribution < -0.4 is 0 Å². The first kappa shape index (κ1) is 10.1. The molecule has 0 unspecified atom stereocenters. The third kappa shape index (κ3) is 1.53. The lowest BCUT2D eigenvalue weighted by Crippen LogP contribution is -2.20. The van der Waals surface area contributed by atoms with E-state index in [1.54, 1.807) is 10.7 Å². The molecule has 1 aliphatic rings. The predicted octanol–water partition coefficient (Wildman–Crippen LogP) is 1.99. The van der Waals surface area contributed by atoms with E-state index in [2.05, 4.69) is 5.10 Å². The molecule has 1 aromatic carbocycles. The number of hydrogen-bond donors (Lipinski definition) is 1. The standard InChI is InChI=1S/C13H12N2O2/c16-12(17)13(7-8-13)11-6-9-15(14-11)10-4-2-1-3-5-10/h1-6,9H,7-8H2,(H,16,17). The fraction of sp³-hybridized carbons (Fsp3) is 0.231. The van der Waals surface area contributed by atoms with E-state index in [1.165, 1.54) is 0 Å². The number of aromatic nitrogens is 2. The monoisotopic (exact) mass is 228 g/mol. The van der Waals surface area contributed by atoms with Gasteiger partial charge in [-0.15, -0.1) is 0 Å². The zero-order valence-electron chi connectivity index (χ0n) is 9.21. The first-order valence-electron chi connectivity index (χ1n) is 5.57. The molecule has 4 heteroatoms. The molecule has 1 fully saturated rings. The molecule has 1 aliphatic carbocycles. The van der Waals surface area contributed by atoms with Crippen molar-refractivity contribution in [2.75, 3.05) is 0 Å². The van der Waals surface area contributed by atoms with Gasteiger partial charge in [-0.3, -0.25) is 4.79 Å². The fourth-order valence-electron chi connectivity index (χ4n) is 2.01. The lowest BCUT2D eigenvalue weighted by molar-refractivity contribution is -0.140. The van der Waals surface area contributed by atoms with Crippen LogP contribution in [0.5, 0.6) is 0 Å². The zero-order chi connectivity index (χ0) is 11.9. The third-order valence-electron chi connectivity index (χ3n) is 3.26. The average molecular weight is 228 g/mol. The lowest BCUT2D eigenvalue weighted by atomic mass is 10.0. The summed E-state index contributed by atoms with van der Waals surface area (Å²) < 4.78 is 1.72. The highest BCUT2D eigenvalue weighted by Crippen LogP contribution is 2.47. The molecule has 17 heavy (non-hydrogen) atoms. The molecular formula is C13H12N2O2. The van der Waals surface area contributed by atoms with Gasteiger partial charge < -0.3 is 5.11 Å². The topological polar surface area (TPSA) is 55.1 Å². The van der Waals surface area contributed by atoms with Crippen LogP contribution in [0, 0.1) is 0 Å². The molecule has 2 aromatic rings. The van der Waals surface area contributed by atoms with Gasteiger partial charge in [0.15, 0.2) is 0 Å². The molecule has 1 saturated carbocycles. The first-order valence-corrected chi connectivity index (χ1v) is 5.57. The van der Waals surface area contributed by atoms with Gasteiger partial charge in [-0.1, -0.05) is 18.2 Å². The maximum absolute atomic E-state index is 11.2. The minimum absolute atomic E-state index is 0.661. The molecule has 0 amide bonds. The molecule has 1 heterocycles. The third-order valence-corrected chi connectivity index (χ3v) is 3.26. The highest BCUT2D eigenvalue weighted by molar-refractivity contribution is 5.84. The van der Waals surface area contributed by atoms with Crippen LogP contribution in [-0.2, 0) is 10.2 Å². The van der Waals surface area contributed by atoms with Crippen LogP contribution in [0.3, 0.4) is 0 Å². The van der Waals surface area contributed by atoms with Gasteiger partial charge in [0.05, 0.1) is 11.4 Å². The summed E-state index contributed by atoms with van der Waals surface area (Å²) in [4.78, 5) is 11.2. The minimum atomic E-state index is -0.768. The molecule has 1 aromatic heterocycles. The maximum atomic E-state index is 11.2. The van der Waals surface area contributed by atoms with Crippen molar-refractivity contribution in [2.24, 2.45) is 0 Å². The van der Waals surface area contributed by atoms with E-state index in [4.69, 9.17) is 0 Å². The van der Waals surface area contributed by atoms with E-state index in [-0.39, 0.29) is 0 Å². The molecule has 1 N–H and O–H groups in total. The van der Waals surface area contributed by atoms with Crippen molar-refractivity contribution in [1.29, 1.82) is 0 Å². The van der Waals surface area contributed by atoms with Gasteiger partial charge in [0.25, 0.3) is 0 Å². The number of carboxylic acids is 1. The minimum Gasteiger partial charge on any atom is -0.481 e. The van der Waals surface area contributed by atoms with Gasteiger partial charge in [0.2, 0.25) is 0 Å². The van der Waals surface area contributed by atoms with Crippen molar-refractivity contribution in [2.45, 2.75) is 18.3 Å². The van der Waals surface area contributed by atoms with Crippen LogP contribution in [0.15, 0.2) is 42.6 Å². The molecule has 0 saturated heterocycles. The number of rotatable bonds is 3. The lowest BCUT2D eigenvalue weighted by Gasteiger charge is -2.05. The normalized spacial score (nSPS) is 16.7. The van der Waals surface area contributed by atoms with Crippen LogP contribution in [0.1, 0.15) is 18.5 Å². The predicted molar refractivity (Wildman–Crippen MR) is 62.1 cm³/mol. The summed E-state index contributed by atoms with van der Waals surface area (Å²) in [6.45, 7) is 0. The fourth-order valence-corrected chi connectivity index (χ4v) is 2.01. The van der Waals surface area contributed by atoms with Crippen molar-refractivity contribution in [3.05, 3.63) is 48.3 Å². The SMILES string of the molecule is O=C(O)C1(c2ccn(-c3ccccc3)n2)CC1. The molecule has 0 atom stereocenters. The van der Waals surface area contributed by atoms with Crippen molar-refractivity contribution in [3.63, 3.8) is 0 Å². The van der Waals surface area contributed by atoms with Crippen LogP contribution in [0.2, 0.25) is 0 Å². The Morgan fingerprint density at radius 3 is 2.53 bits per heavy atom. The van der Waals surface area contributed by atoms with Gasteiger partial charge in [0.1, 0.15) is 5.41 Å². The largest absolute Gasteiger partial charge is 0.481 e. The maximum Gasteiger partial charge on any atom is 0.315 e. The number of benzene rings is 1. The number of carbonyl (C=O) groups is 1. The Hall–Kier alpha value is -2.10. The Kier molecular flexibility index (Phi) is 2.04. The number of carboxylic acid groups (broad SMARTS) is 1. The number of hydrogen-bond acceptors (Lipinski definition) is 2. The highest BCUT2D eigenvalue weighted by Gasteiger charge is 2.53. The molecule has 4 nitrogen and oxygen atoms in total. The summed E-state index contributed by atoms with van der Waals surface area (Å²) in [6.07, 6.45) is 3.19. The Labute approximate surface area is 98.5 Å². The van der Waals surface area contributed by atoms with Crippen LogP contribution in [0.25, 0.3) is 5.69 Å². The van der Waals surface area contributed by atoms with Gasteiger partial charge in [-0.05, 0) is 31.0 Å². The number of aliphatic carboxylic acids is 1. The molecule has 0 aliphatic heterocycles. The Morgan fingerprint density at radius 1 is 1.24 bits per heavy atom. The number of para-hydroxylation sites is 1. The summed E-state index contributed by atoms with van der Waals surface area (Å²) in [5, 5.41) is 13.6. The highest BCUT2D eigenvalue weighted by atomic mass is 16.4. The van der Waals surface area contributed by atoms with Gasteiger partial charge >= 0.3 is 5.97 Å². The molecule has 0 spiro atoms. The molecular weight excluding hydrogens is 216 g/mol. The number of nitrogens with zero attached hydrogens (tertiary/aromatic N) is 2. The van der Waals surface area contributed by atoms with Crippen molar-refractivity contribution < 1.29 is 9.90 Å². The van der Waals surface area contributed by atoms with E-state index in [0.717, 1.165) is 5.69 Å². The van der Waals surface area contributed by atoms with Crippen LogP contribution in [0.4, 0.5) is 0 Å². The summed E-state index contributed by atoms with van der Waals surface area (Å²) >= 11 is 0. The molecule has 0 bridgehead atoms. The van der Waals surface area contributed by atoms with Gasteiger partial charge in [-0.25, -0.2) is 4.68 Å². The smallest absolute Gasteiger partial charge is 0.315 e. The Morgan fingerprint density at radius 2 is 1.94 bits per heavy atom. The second kappa shape index (κ2) is 3.45. The van der Waals surface area contributed by atoms with E-state index >= 15 is 0 Å². The quantitative estimate of drug-likeness (QED) is 0.874. The Balaban J connectivity index is 1.97. The van der Waals surface area contributed by atoms with Gasteiger partial charge in [-0.2, -0.15) is 5.10 Å². The second-order valence-electron chi connectivity index (χ2n) is 4.37. The van der Waals surface area contributed by atoms with Crippen molar-refractivity contribution >= 4 is 5.97 Å². The van der Waals surface area contributed by atoms with E-state index in [1.807, 2.05) is 36.5 Å². The van der Waals surface area contributed by atoms with Crippen LogP contribution >= 0.6 is 0 Å². The van der Waals surface area contributed by atoms with Gasteiger partial charge in [0, 0.05) is 6.20 Å². The van der Waals surface area contributed by atoms with E-state index in [9.17, 15) is 9.90 Å². The molecule has 86 valence electrons. The van der Waals surface area contributed by atoms with Crippen molar-refractivity contribution in [3.8, 4) is 5.69 Å².